The van der Waals surface area contributed by atoms with Crippen molar-refractivity contribution in [2.75, 3.05) is 20.1 Å². The topological polar surface area (TPSA) is 48.9 Å². The summed E-state index contributed by atoms with van der Waals surface area (Å²) in [5, 5.41) is 6.86. The van der Waals surface area contributed by atoms with Crippen molar-refractivity contribution >= 4 is 5.96 Å². The van der Waals surface area contributed by atoms with Crippen LogP contribution in [0.1, 0.15) is 38.3 Å². The van der Waals surface area contributed by atoms with E-state index in [2.05, 4.69) is 65.6 Å². The number of benzene rings is 1. The largest absolute Gasteiger partial charge is 0.373 e. The molecule has 25 heavy (non-hydrogen) atoms. The van der Waals surface area contributed by atoms with E-state index in [0.29, 0.717) is 18.2 Å². The third kappa shape index (κ3) is 5.44. The van der Waals surface area contributed by atoms with Crippen molar-refractivity contribution in [2.45, 2.75) is 58.5 Å². The molecular formula is C20H32N4O. The van der Waals surface area contributed by atoms with Gasteiger partial charge in [0.05, 0.1) is 12.2 Å². The third-order valence-corrected chi connectivity index (χ3v) is 5.04. The van der Waals surface area contributed by atoms with Gasteiger partial charge in [0.15, 0.2) is 5.96 Å². The lowest BCUT2D eigenvalue weighted by atomic mass is 10.1. The molecule has 0 spiro atoms. The van der Waals surface area contributed by atoms with Crippen molar-refractivity contribution in [3.63, 3.8) is 0 Å². The molecule has 2 fully saturated rings. The number of nitrogens with zero attached hydrogens (tertiary/aromatic N) is 2. The summed E-state index contributed by atoms with van der Waals surface area (Å²) in [7, 11) is 1.83. The average Bonchev–Trinajstić information content (AvgIpc) is 3.26. The predicted octanol–water partition coefficient (Wildman–Crippen LogP) is 2.37. The zero-order chi connectivity index (χ0) is 17.8. The molecule has 1 aliphatic heterocycles. The Hall–Kier alpha value is -1.59. The molecule has 3 rings (SSSR count). The van der Waals surface area contributed by atoms with E-state index < -0.39 is 0 Å². The molecule has 1 aromatic carbocycles. The molecule has 138 valence electrons. The number of rotatable bonds is 5. The Kier molecular flexibility index (Phi) is 5.97. The Morgan fingerprint density at radius 1 is 1.12 bits per heavy atom. The Bertz CT molecular complexity index is 576. The van der Waals surface area contributed by atoms with Gasteiger partial charge in [-0.05, 0) is 37.3 Å². The highest BCUT2D eigenvalue weighted by molar-refractivity contribution is 5.80. The van der Waals surface area contributed by atoms with Crippen LogP contribution in [0.2, 0.25) is 0 Å². The summed E-state index contributed by atoms with van der Waals surface area (Å²) in [4.78, 5) is 6.78. The monoisotopic (exact) mass is 344 g/mol. The number of ether oxygens (including phenoxy) is 1. The van der Waals surface area contributed by atoms with Crippen LogP contribution in [-0.4, -0.2) is 49.2 Å². The molecule has 5 heteroatoms. The van der Waals surface area contributed by atoms with Gasteiger partial charge in [-0.3, -0.25) is 9.89 Å². The molecule has 4 unspecified atom stereocenters. The van der Waals surface area contributed by atoms with Crippen LogP contribution in [-0.2, 0) is 17.8 Å². The van der Waals surface area contributed by atoms with E-state index in [4.69, 9.17) is 4.74 Å². The van der Waals surface area contributed by atoms with Gasteiger partial charge >= 0.3 is 0 Å². The van der Waals surface area contributed by atoms with Crippen LogP contribution in [0.4, 0.5) is 0 Å². The Morgan fingerprint density at radius 2 is 1.72 bits per heavy atom. The number of hydrogen-bond acceptors (Lipinski definition) is 3. The molecule has 5 nitrogen and oxygen atoms in total. The maximum Gasteiger partial charge on any atom is 0.191 e. The van der Waals surface area contributed by atoms with E-state index in [-0.39, 0.29) is 0 Å². The lowest BCUT2D eigenvalue weighted by molar-refractivity contribution is -0.0704. The molecule has 0 radical (unpaired) electrons. The van der Waals surface area contributed by atoms with Crippen molar-refractivity contribution in [2.24, 2.45) is 10.9 Å². The lowest BCUT2D eigenvalue weighted by Crippen LogP contribution is -2.44. The summed E-state index contributed by atoms with van der Waals surface area (Å²) in [6, 6.07) is 9.49. The maximum absolute atomic E-state index is 5.81. The fourth-order valence-electron chi connectivity index (χ4n) is 3.51. The van der Waals surface area contributed by atoms with Crippen LogP contribution in [0.25, 0.3) is 0 Å². The maximum atomic E-state index is 5.81. The second-order valence-corrected chi connectivity index (χ2v) is 7.66. The quantitative estimate of drug-likeness (QED) is 0.636. The number of guanidine groups is 1. The number of aliphatic imine (C=N–C) groups is 1. The van der Waals surface area contributed by atoms with Crippen LogP contribution in [0, 0.1) is 5.92 Å². The highest BCUT2D eigenvalue weighted by Crippen LogP contribution is 2.28. The first kappa shape index (κ1) is 18.2. The molecule has 1 aromatic rings. The van der Waals surface area contributed by atoms with Crippen molar-refractivity contribution in [3.05, 3.63) is 35.4 Å². The minimum Gasteiger partial charge on any atom is -0.373 e. The van der Waals surface area contributed by atoms with Gasteiger partial charge in [-0.1, -0.05) is 31.2 Å². The molecule has 2 N–H and O–H groups in total. The van der Waals surface area contributed by atoms with Crippen LogP contribution >= 0.6 is 0 Å². The van der Waals surface area contributed by atoms with Crippen molar-refractivity contribution in [1.29, 1.82) is 0 Å². The van der Waals surface area contributed by atoms with Crippen molar-refractivity contribution in [3.8, 4) is 0 Å². The Morgan fingerprint density at radius 3 is 2.28 bits per heavy atom. The van der Waals surface area contributed by atoms with Gasteiger partial charge in [0.1, 0.15) is 0 Å². The fraction of sp³-hybridized carbons (Fsp3) is 0.650. The molecule has 0 bridgehead atoms. The summed E-state index contributed by atoms with van der Waals surface area (Å²) in [5.41, 5.74) is 2.64. The SMILES string of the molecule is CN=C(NCc1ccc(CN2CC(C)OC(C)C2)cc1)NC1CC1C. The molecule has 1 saturated heterocycles. The summed E-state index contributed by atoms with van der Waals surface area (Å²) >= 11 is 0. The van der Waals surface area contributed by atoms with Crippen molar-refractivity contribution < 1.29 is 4.74 Å². The predicted molar refractivity (Wildman–Crippen MR) is 103 cm³/mol. The summed E-state index contributed by atoms with van der Waals surface area (Å²) in [6.45, 7) is 10.4. The lowest BCUT2D eigenvalue weighted by Gasteiger charge is -2.35. The Labute approximate surface area is 151 Å². The van der Waals surface area contributed by atoms with E-state index >= 15 is 0 Å². The van der Waals surface area contributed by atoms with Gasteiger partial charge in [0.25, 0.3) is 0 Å². The highest BCUT2D eigenvalue weighted by atomic mass is 16.5. The first-order valence-electron chi connectivity index (χ1n) is 9.46. The molecule has 1 heterocycles. The van der Waals surface area contributed by atoms with Gasteiger partial charge < -0.3 is 15.4 Å². The van der Waals surface area contributed by atoms with E-state index in [0.717, 1.165) is 38.1 Å². The smallest absolute Gasteiger partial charge is 0.191 e. The summed E-state index contributed by atoms with van der Waals surface area (Å²) < 4.78 is 5.81. The number of hydrogen-bond donors (Lipinski definition) is 2. The third-order valence-electron chi connectivity index (χ3n) is 5.04. The van der Waals surface area contributed by atoms with E-state index in [9.17, 15) is 0 Å². The molecule has 0 aromatic heterocycles. The molecule has 2 aliphatic rings. The van der Waals surface area contributed by atoms with Crippen molar-refractivity contribution in [1.82, 2.24) is 15.5 Å². The van der Waals surface area contributed by atoms with Crippen LogP contribution in [0.5, 0.6) is 0 Å². The van der Waals surface area contributed by atoms with Crippen LogP contribution < -0.4 is 10.6 Å². The Balaban J connectivity index is 1.46. The van der Waals surface area contributed by atoms with Gasteiger partial charge in [-0.15, -0.1) is 0 Å². The minimum absolute atomic E-state index is 0.320. The average molecular weight is 345 g/mol. The molecule has 0 amide bonds. The first-order valence-corrected chi connectivity index (χ1v) is 9.46. The highest BCUT2D eigenvalue weighted by Gasteiger charge is 2.33. The minimum atomic E-state index is 0.320. The number of nitrogens with one attached hydrogen (secondary N) is 2. The summed E-state index contributed by atoms with van der Waals surface area (Å²) in [5.74, 6) is 1.66. The van der Waals surface area contributed by atoms with Gasteiger partial charge in [0, 0.05) is 39.3 Å². The van der Waals surface area contributed by atoms with Crippen LogP contribution in [0.15, 0.2) is 29.3 Å². The van der Waals surface area contributed by atoms with E-state index in [1.165, 1.54) is 17.5 Å². The second kappa shape index (κ2) is 8.19. The second-order valence-electron chi connectivity index (χ2n) is 7.66. The zero-order valence-corrected chi connectivity index (χ0v) is 16.0. The van der Waals surface area contributed by atoms with E-state index in [1.54, 1.807) is 0 Å². The molecule has 1 aliphatic carbocycles. The van der Waals surface area contributed by atoms with Gasteiger partial charge in [0.2, 0.25) is 0 Å². The summed E-state index contributed by atoms with van der Waals surface area (Å²) in [6.07, 6.45) is 1.88. The first-order chi connectivity index (χ1) is 12.0. The normalized spacial score (nSPS) is 30.2. The zero-order valence-electron chi connectivity index (χ0n) is 16.0. The fourth-order valence-corrected chi connectivity index (χ4v) is 3.51. The van der Waals surface area contributed by atoms with Crippen LogP contribution in [0.3, 0.4) is 0 Å². The van der Waals surface area contributed by atoms with Gasteiger partial charge in [-0.25, -0.2) is 0 Å². The number of morpholine rings is 1. The standard InChI is InChI=1S/C20H32N4O/c1-14-9-19(14)23-20(21-4)22-10-17-5-7-18(8-6-17)13-24-11-15(2)25-16(3)12-24/h5-8,14-16,19H,9-13H2,1-4H3,(H2,21,22,23). The van der Waals surface area contributed by atoms with E-state index in [1.807, 2.05) is 7.05 Å². The molecule has 1 saturated carbocycles. The molecular weight excluding hydrogens is 312 g/mol. The van der Waals surface area contributed by atoms with Gasteiger partial charge in [-0.2, -0.15) is 0 Å². The molecule has 4 atom stereocenters.